The SMILES string of the molecule is C=CC(=O)Cc1cccc(C(=O)N2CCC(NC(=O)c3[nH]ncc3NC(=O)c3c(Cl)cccc3Cl)CC2)c1. The van der Waals surface area contributed by atoms with Crippen molar-refractivity contribution in [3.05, 3.63) is 93.7 Å². The largest absolute Gasteiger partial charge is 0.348 e. The van der Waals surface area contributed by atoms with Crippen LogP contribution < -0.4 is 10.6 Å². The number of rotatable bonds is 8. The van der Waals surface area contributed by atoms with Gasteiger partial charge in [0, 0.05) is 31.1 Å². The second-order valence-electron chi connectivity index (χ2n) is 8.80. The van der Waals surface area contributed by atoms with Crippen LogP contribution in [0.1, 0.15) is 49.6 Å². The number of nitrogens with one attached hydrogen (secondary N) is 3. The molecule has 1 aliphatic heterocycles. The number of aromatic amines is 1. The maximum absolute atomic E-state index is 13.0. The Morgan fingerprint density at radius 1 is 1.05 bits per heavy atom. The summed E-state index contributed by atoms with van der Waals surface area (Å²) in [6.07, 6.45) is 3.90. The van der Waals surface area contributed by atoms with Gasteiger partial charge in [-0.2, -0.15) is 5.10 Å². The van der Waals surface area contributed by atoms with Crippen molar-refractivity contribution in [3.8, 4) is 0 Å². The maximum atomic E-state index is 13.0. The van der Waals surface area contributed by atoms with Gasteiger partial charge in [-0.05, 0) is 48.7 Å². The molecule has 4 rings (SSSR count). The summed E-state index contributed by atoms with van der Waals surface area (Å²) in [6.45, 7) is 4.39. The molecule has 1 fully saturated rings. The van der Waals surface area contributed by atoms with Gasteiger partial charge in [0.1, 0.15) is 5.69 Å². The van der Waals surface area contributed by atoms with E-state index in [0.717, 1.165) is 5.56 Å². The van der Waals surface area contributed by atoms with Gasteiger partial charge in [-0.1, -0.05) is 48.0 Å². The molecule has 3 aromatic rings. The van der Waals surface area contributed by atoms with Crippen LogP contribution in [0.5, 0.6) is 0 Å². The summed E-state index contributed by atoms with van der Waals surface area (Å²) in [7, 11) is 0. The van der Waals surface area contributed by atoms with Gasteiger partial charge in [0.25, 0.3) is 17.7 Å². The minimum Gasteiger partial charge on any atom is -0.348 e. The van der Waals surface area contributed by atoms with E-state index in [0.29, 0.717) is 31.5 Å². The Bertz CT molecular complexity index is 1380. The minimum absolute atomic E-state index is 0.0888. The molecule has 0 spiro atoms. The summed E-state index contributed by atoms with van der Waals surface area (Å²) in [5, 5.41) is 12.4. The normalized spacial score (nSPS) is 13.6. The molecule has 1 aliphatic rings. The molecule has 196 valence electrons. The van der Waals surface area contributed by atoms with Crippen LogP contribution in [0.15, 0.2) is 61.3 Å². The van der Waals surface area contributed by atoms with Crippen molar-refractivity contribution in [1.82, 2.24) is 20.4 Å². The van der Waals surface area contributed by atoms with Crippen molar-refractivity contribution < 1.29 is 19.2 Å². The number of aromatic nitrogens is 2. The Labute approximate surface area is 229 Å². The van der Waals surface area contributed by atoms with E-state index in [4.69, 9.17) is 23.2 Å². The standard InChI is InChI=1S/C27H25Cl2N5O4/c1-2-19(35)14-16-5-3-6-17(13-16)27(38)34-11-9-18(10-12-34)31-26(37)24-22(15-30-33-24)32-25(36)23-20(28)7-4-8-21(23)29/h2-8,13,15,18H,1,9-12,14H2,(H,30,33)(H,31,37)(H,32,36). The van der Waals surface area contributed by atoms with Crippen LogP contribution in [0, 0.1) is 0 Å². The van der Waals surface area contributed by atoms with E-state index in [9.17, 15) is 19.2 Å². The molecule has 0 atom stereocenters. The van der Waals surface area contributed by atoms with Crippen LogP contribution in [-0.2, 0) is 11.2 Å². The van der Waals surface area contributed by atoms with Gasteiger partial charge < -0.3 is 15.5 Å². The fraction of sp³-hybridized carbons (Fsp3) is 0.222. The third-order valence-electron chi connectivity index (χ3n) is 6.20. The summed E-state index contributed by atoms with van der Waals surface area (Å²) < 4.78 is 0. The molecule has 0 bridgehead atoms. The van der Waals surface area contributed by atoms with Gasteiger partial charge >= 0.3 is 0 Å². The fourth-order valence-corrected chi connectivity index (χ4v) is 4.78. The molecule has 1 saturated heterocycles. The summed E-state index contributed by atoms with van der Waals surface area (Å²) in [5.41, 5.74) is 1.63. The predicted molar refractivity (Wildman–Crippen MR) is 145 cm³/mol. The lowest BCUT2D eigenvalue weighted by Crippen LogP contribution is -2.46. The summed E-state index contributed by atoms with van der Waals surface area (Å²) >= 11 is 12.2. The molecule has 2 heterocycles. The van der Waals surface area contributed by atoms with Crippen molar-refractivity contribution in [2.24, 2.45) is 0 Å². The Balaban J connectivity index is 1.33. The van der Waals surface area contributed by atoms with Crippen molar-refractivity contribution in [2.45, 2.75) is 25.3 Å². The molecular formula is C27H25Cl2N5O4. The van der Waals surface area contributed by atoms with Crippen molar-refractivity contribution in [1.29, 1.82) is 0 Å². The van der Waals surface area contributed by atoms with Crippen LogP contribution in [0.3, 0.4) is 0 Å². The number of H-pyrrole nitrogens is 1. The number of likely N-dealkylation sites (tertiary alicyclic amines) is 1. The molecule has 0 radical (unpaired) electrons. The van der Waals surface area contributed by atoms with Gasteiger partial charge in [0.15, 0.2) is 5.78 Å². The van der Waals surface area contributed by atoms with Gasteiger partial charge in [0.2, 0.25) is 0 Å². The zero-order valence-electron chi connectivity index (χ0n) is 20.3. The molecule has 0 saturated carbocycles. The van der Waals surface area contributed by atoms with Crippen LogP contribution in [0.25, 0.3) is 0 Å². The van der Waals surface area contributed by atoms with Crippen molar-refractivity contribution in [3.63, 3.8) is 0 Å². The lowest BCUT2D eigenvalue weighted by molar-refractivity contribution is -0.114. The van der Waals surface area contributed by atoms with Crippen molar-refractivity contribution in [2.75, 3.05) is 18.4 Å². The van der Waals surface area contributed by atoms with E-state index < -0.39 is 11.8 Å². The van der Waals surface area contributed by atoms with Crippen LogP contribution >= 0.6 is 23.2 Å². The highest BCUT2D eigenvalue weighted by atomic mass is 35.5. The zero-order chi connectivity index (χ0) is 27.2. The number of benzene rings is 2. The number of carbonyl (C=O) groups is 4. The lowest BCUT2D eigenvalue weighted by atomic mass is 10.0. The van der Waals surface area contributed by atoms with E-state index in [1.54, 1.807) is 47.4 Å². The summed E-state index contributed by atoms with van der Waals surface area (Å²) in [6, 6.07) is 11.5. The number of carbonyl (C=O) groups excluding carboxylic acids is 4. The minimum atomic E-state index is -0.569. The van der Waals surface area contributed by atoms with Gasteiger partial charge in [-0.25, -0.2) is 0 Å². The average Bonchev–Trinajstić information content (AvgIpc) is 3.37. The third kappa shape index (κ3) is 6.30. The number of allylic oxidation sites excluding steroid dienone is 1. The van der Waals surface area contributed by atoms with E-state index in [-0.39, 0.29) is 51.1 Å². The highest BCUT2D eigenvalue weighted by Crippen LogP contribution is 2.26. The van der Waals surface area contributed by atoms with E-state index in [1.165, 1.54) is 12.3 Å². The maximum Gasteiger partial charge on any atom is 0.271 e. The number of hydrogen-bond acceptors (Lipinski definition) is 5. The smallest absolute Gasteiger partial charge is 0.271 e. The molecule has 38 heavy (non-hydrogen) atoms. The Hall–Kier alpha value is -3.95. The Morgan fingerprint density at radius 2 is 1.74 bits per heavy atom. The van der Waals surface area contributed by atoms with Gasteiger partial charge in [0.05, 0.1) is 27.5 Å². The molecule has 1 aromatic heterocycles. The first-order valence-electron chi connectivity index (χ1n) is 11.9. The molecule has 11 heteroatoms. The number of amides is 3. The molecule has 0 unspecified atom stereocenters. The van der Waals surface area contributed by atoms with Crippen LogP contribution in [0.4, 0.5) is 5.69 Å². The third-order valence-corrected chi connectivity index (χ3v) is 6.83. The number of halogens is 2. The molecule has 0 aliphatic carbocycles. The van der Waals surface area contributed by atoms with Gasteiger partial charge in [-0.15, -0.1) is 0 Å². The molecule has 2 aromatic carbocycles. The molecule has 9 nitrogen and oxygen atoms in total. The lowest BCUT2D eigenvalue weighted by Gasteiger charge is -2.32. The molecule has 3 N–H and O–H groups in total. The Morgan fingerprint density at radius 3 is 2.42 bits per heavy atom. The van der Waals surface area contributed by atoms with Crippen LogP contribution in [0.2, 0.25) is 10.0 Å². The number of piperidine rings is 1. The summed E-state index contributed by atoms with van der Waals surface area (Å²) in [4.78, 5) is 52.0. The van der Waals surface area contributed by atoms with Crippen molar-refractivity contribution >= 4 is 52.4 Å². The van der Waals surface area contributed by atoms with E-state index in [2.05, 4.69) is 27.4 Å². The second kappa shape index (κ2) is 12.1. The van der Waals surface area contributed by atoms with E-state index in [1.807, 2.05) is 0 Å². The summed E-state index contributed by atoms with van der Waals surface area (Å²) in [5.74, 6) is -1.24. The second-order valence-corrected chi connectivity index (χ2v) is 9.61. The van der Waals surface area contributed by atoms with Crippen LogP contribution in [-0.4, -0.2) is 57.7 Å². The monoisotopic (exact) mass is 553 g/mol. The number of anilines is 1. The zero-order valence-corrected chi connectivity index (χ0v) is 21.8. The first-order chi connectivity index (χ1) is 18.3. The Kier molecular flexibility index (Phi) is 8.60. The first-order valence-corrected chi connectivity index (χ1v) is 12.7. The number of nitrogens with zero attached hydrogens (tertiary/aromatic N) is 2. The number of hydrogen-bond donors (Lipinski definition) is 3. The van der Waals surface area contributed by atoms with Gasteiger partial charge in [-0.3, -0.25) is 24.3 Å². The fourth-order valence-electron chi connectivity index (χ4n) is 4.21. The number of ketones is 1. The predicted octanol–water partition coefficient (Wildman–Crippen LogP) is 4.30. The topological polar surface area (TPSA) is 124 Å². The molecular weight excluding hydrogens is 529 g/mol. The molecule has 3 amide bonds. The highest BCUT2D eigenvalue weighted by Gasteiger charge is 2.27. The average molecular weight is 554 g/mol. The van der Waals surface area contributed by atoms with E-state index >= 15 is 0 Å². The quantitative estimate of drug-likeness (QED) is 0.358. The first kappa shape index (κ1) is 27.1. The highest BCUT2D eigenvalue weighted by molar-refractivity contribution is 6.40.